The van der Waals surface area contributed by atoms with Crippen molar-refractivity contribution < 1.29 is 4.79 Å². The number of anilines is 1. The molecular formula is C14H16N2O. The SMILES string of the molecule is C#Cc1cccc(NC(=O)C2CCNCC2)c1. The molecule has 3 nitrogen and oxygen atoms in total. The van der Waals surface area contributed by atoms with Crippen LogP contribution >= 0.6 is 0 Å². The molecule has 1 amide bonds. The first-order chi connectivity index (χ1) is 8.29. The van der Waals surface area contributed by atoms with E-state index in [0.717, 1.165) is 37.2 Å². The van der Waals surface area contributed by atoms with Crippen molar-refractivity contribution in [1.29, 1.82) is 0 Å². The molecule has 1 aromatic carbocycles. The van der Waals surface area contributed by atoms with E-state index in [4.69, 9.17) is 6.42 Å². The summed E-state index contributed by atoms with van der Waals surface area (Å²) in [5, 5.41) is 6.17. The van der Waals surface area contributed by atoms with Gasteiger partial charge in [-0.05, 0) is 44.1 Å². The number of carbonyl (C=O) groups is 1. The monoisotopic (exact) mass is 228 g/mol. The molecule has 1 saturated heterocycles. The average Bonchev–Trinajstić information content (AvgIpc) is 2.40. The van der Waals surface area contributed by atoms with Crippen LogP contribution in [0, 0.1) is 18.3 Å². The minimum atomic E-state index is 0.0978. The second-order valence-electron chi connectivity index (χ2n) is 4.24. The summed E-state index contributed by atoms with van der Waals surface area (Å²) >= 11 is 0. The fraction of sp³-hybridized carbons (Fsp3) is 0.357. The standard InChI is InChI=1S/C14H16N2O/c1-2-11-4-3-5-13(10-11)16-14(17)12-6-8-15-9-7-12/h1,3-5,10,12,15H,6-9H2,(H,16,17). The number of rotatable bonds is 2. The number of nitrogens with one attached hydrogen (secondary N) is 2. The van der Waals surface area contributed by atoms with Crippen LogP contribution in [0.15, 0.2) is 24.3 Å². The summed E-state index contributed by atoms with van der Waals surface area (Å²) in [7, 11) is 0. The molecule has 1 aliphatic rings. The Morgan fingerprint density at radius 3 is 2.88 bits per heavy atom. The van der Waals surface area contributed by atoms with E-state index in [9.17, 15) is 4.79 Å². The molecule has 0 saturated carbocycles. The Balaban J connectivity index is 1.99. The lowest BCUT2D eigenvalue weighted by molar-refractivity contribution is -0.120. The van der Waals surface area contributed by atoms with Crippen LogP contribution in [0.3, 0.4) is 0 Å². The molecule has 0 aromatic heterocycles. The second-order valence-corrected chi connectivity index (χ2v) is 4.24. The van der Waals surface area contributed by atoms with Crippen LogP contribution in [0.25, 0.3) is 0 Å². The van der Waals surface area contributed by atoms with Crippen LogP contribution in [-0.2, 0) is 4.79 Å². The zero-order valence-electron chi connectivity index (χ0n) is 9.70. The minimum absolute atomic E-state index is 0.0978. The molecule has 1 aliphatic heterocycles. The van der Waals surface area contributed by atoms with Gasteiger partial charge in [-0.25, -0.2) is 0 Å². The minimum Gasteiger partial charge on any atom is -0.326 e. The number of hydrogen-bond donors (Lipinski definition) is 2. The van der Waals surface area contributed by atoms with Gasteiger partial charge in [-0.2, -0.15) is 0 Å². The first-order valence-corrected chi connectivity index (χ1v) is 5.88. The van der Waals surface area contributed by atoms with Crippen molar-refractivity contribution in [3.8, 4) is 12.3 Å². The molecule has 88 valence electrons. The van der Waals surface area contributed by atoms with Crippen molar-refractivity contribution in [2.75, 3.05) is 18.4 Å². The molecule has 0 radical (unpaired) electrons. The Bertz CT molecular complexity index is 442. The molecule has 1 aromatic rings. The maximum Gasteiger partial charge on any atom is 0.227 e. The largest absolute Gasteiger partial charge is 0.326 e. The third-order valence-corrected chi connectivity index (χ3v) is 3.01. The van der Waals surface area contributed by atoms with Gasteiger partial charge < -0.3 is 10.6 Å². The van der Waals surface area contributed by atoms with E-state index in [0.29, 0.717) is 0 Å². The van der Waals surface area contributed by atoms with Crippen LogP contribution in [0.2, 0.25) is 0 Å². The lowest BCUT2D eigenvalue weighted by Gasteiger charge is -2.21. The normalized spacial score (nSPS) is 16.2. The van der Waals surface area contributed by atoms with Gasteiger partial charge in [0, 0.05) is 17.2 Å². The summed E-state index contributed by atoms with van der Waals surface area (Å²) in [5.74, 6) is 2.77. The summed E-state index contributed by atoms with van der Waals surface area (Å²) < 4.78 is 0. The third kappa shape index (κ3) is 3.08. The predicted molar refractivity (Wildman–Crippen MR) is 68.6 cm³/mol. The lowest BCUT2D eigenvalue weighted by atomic mass is 9.97. The van der Waals surface area contributed by atoms with Crippen molar-refractivity contribution in [1.82, 2.24) is 5.32 Å². The summed E-state index contributed by atoms with van der Waals surface area (Å²) in [6.45, 7) is 1.84. The van der Waals surface area contributed by atoms with Gasteiger partial charge in [0.25, 0.3) is 0 Å². The Kier molecular flexibility index (Phi) is 3.79. The van der Waals surface area contributed by atoms with Crippen LogP contribution < -0.4 is 10.6 Å². The van der Waals surface area contributed by atoms with Crippen LogP contribution in [0.5, 0.6) is 0 Å². The molecule has 0 aliphatic carbocycles. The molecule has 0 atom stereocenters. The maximum absolute atomic E-state index is 12.0. The first kappa shape index (κ1) is 11.7. The van der Waals surface area contributed by atoms with Crippen LogP contribution in [0.4, 0.5) is 5.69 Å². The van der Waals surface area contributed by atoms with Crippen LogP contribution in [-0.4, -0.2) is 19.0 Å². The molecule has 2 N–H and O–H groups in total. The van der Waals surface area contributed by atoms with Crippen LogP contribution in [0.1, 0.15) is 18.4 Å². The molecule has 0 bridgehead atoms. The highest BCUT2D eigenvalue weighted by atomic mass is 16.1. The molecule has 1 fully saturated rings. The van der Waals surface area contributed by atoms with Gasteiger partial charge in [-0.3, -0.25) is 4.79 Å². The fourth-order valence-corrected chi connectivity index (χ4v) is 2.02. The zero-order valence-corrected chi connectivity index (χ0v) is 9.70. The Hall–Kier alpha value is -1.79. The maximum atomic E-state index is 12.0. The summed E-state index contributed by atoms with van der Waals surface area (Å²) in [6, 6.07) is 7.38. The fourth-order valence-electron chi connectivity index (χ4n) is 2.02. The average molecular weight is 228 g/mol. The number of terminal acetylenes is 1. The Labute approximate surface area is 102 Å². The molecule has 0 unspecified atom stereocenters. The highest BCUT2D eigenvalue weighted by molar-refractivity contribution is 5.92. The summed E-state index contributed by atoms with van der Waals surface area (Å²) in [5.41, 5.74) is 1.57. The van der Waals surface area contributed by atoms with E-state index in [1.165, 1.54) is 0 Å². The number of benzene rings is 1. The van der Waals surface area contributed by atoms with E-state index in [-0.39, 0.29) is 11.8 Å². The molecular weight excluding hydrogens is 212 g/mol. The van der Waals surface area contributed by atoms with E-state index in [1.807, 2.05) is 24.3 Å². The topological polar surface area (TPSA) is 41.1 Å². The van der Waals surface area contributed by atoms with Gasteiger partial charge in [0.2, 0.25) is 5.91 Å². The molecule has 2 rings (SSSR count). The Morgan fingerprint density at radius 2 is 2.18 bits per heavy atom. The predicted octanol–water partition coefficient (Wildman–Crippen LogP) is 1.61. The number of piperidine rings is 1. The third-order valence-electron chi connectivity index (χ3n) is 3.01. The molecule has 1 heterocycles. The molecule has 0 spiro atoms. The summed E-state index contributed by atoms with van der Waals surface area (Å²) in [6.07, 6.45) is 7.13. The van der Waals surface area contributed by atoms with E-state index in [2.05, 4.69) is 16.6 Å². The van der Waals surface area contributed by atoms with Gasteiger partial charge in [0.05, 0.1) is 0 Å². The van der Waals surface area contributed by atoms with E-state index in [1.54, 1.807) is 0 Å². The summed E-state index contributed by atoms with van der Waals surface area (Å²) in [4.78, 5) is 12.0. The smallest absolute Gasteiger partial charge is 0.227 e. The highest BCUT2D eigenvalue weighted by Gasteiger charge is 2.20. The number of hydrogen-bond acceptors (Lipinski definition) is 2. The lowest BCUT2D eigenvalue weighted by Crippen LogP contribution is -2.34. The van der Waals surface area contributed by atoms with Crippen molar-refractivity contribution in [3.05, 3.63) is 29.8 Å². The van der Waals surface area contributed by atoms with Gasteiger partial charge >= 0.3 is 0 Å². The van der Waals surface area contributed by atoms with E-state index >= 15 is 0 Å². The first-order valence-electron chi connectivity index (χ1n) is 5.88. The van der Waals surface area contributed by atoms with Gasteiger partial charge in [0.15, 0.2) is 0 Å². The molecule has 3 heteroatoms. The van der Waals surface area contributed by atoms with Gasteiger partial charge in [0.1, 0.15) is 0 Å². The Morgan fingerprint density at radius 1 is 1.41 bits per heavy atom. The quantitative estimate of drug-likeness (QED) is 0.755. The van der Waals surface area contributed by atoms with Crippen molar-refractivity contribution in [2.45, 2.75) is 12.8 Å². The second kappa shape index (κ2) is 5.51. The van der Waals surface area contributed by atoms with Crippen molar-refractivity contribution in [3.63, 3.8) is 0 Å². The van der Waals surface area contributed by atoms with Crippen molar-refractivity contribution >= 4 is 11.6 Å². The van der Waals surface area contributed by atoms with Gasteiger partial charge in [-0.15, -0.1) is 6.42 Å². The van der Waals surface area contributed by atoms with Crippen molar-refractivity contribution in [2.24, 2.45) is 5.92 Å². The van der Waals surface area contributed by atoms with E-state index < -0.39 is 0 Å². The molecule has 17 heavy (non-hydrogen) atoms. The highest BCUT2D eigenvalue weighted by Crippen LogP contribution is 2.16. The number of carbonyl (C=O) groups excluding carboxylic acids is 1. The number of amides is 1. The zero-order chi connectivity index (χ0) is 12.1. The van der Waals surface area contributed by atoms with Gasteiger partial charge in [-0.1, -0.05) is 12.0 Å².